The highest BCUT2D eigenvalue weighted by Crippen LogP contribution is 2.32. The summed E-state index contributed by atoms with van der Waals surface area (Å²) in [6.45, 7) is 1.37. The number of carbonyl (C=O) groups is 1. The van der Waals surface area contributed by atoms with Gasteiger partial charge >= 0.3 is 5.97 Å². The zero-order valence-corrected chi connectivity index (χ0v) is 11.9. The van der Waals surface area contributed by atoms with E-state index >= 15 is 0 Å². The van der Waals surface area contributed by atoms with Gasteiger partial charge in [-0.2, -0.15) is 0 Å². The van der Waals surface area contributed by atoms with Crippen LogP contribution in [0.3, 0.4) is 0 Å². The zero-order chi connectivity index (χ0) is 14.2. The molecule has 108 valence electrons. The molecule has 1 aromatic rings. The number of fused-ring (bicyclic) bond motifs is 1. The molecule has 0 radical (unpaired) electrons. The maximum Gasteiger partial charge on any atom is 0.324 e. The molecule has 20 heavy (non-hydrogen) atoms. The number of hydrogen-bond acceptors (Lipinski definition) is 3. The molecule has 0 spiro atoms. The van der Waals surface area contributed by atoms with Crippen molar-refractivity contribution < 1.29 is 14.6 Å². The second-order valence-electron chi connectivity index (χ2n) is 5.67. The first-order chi connectivity index (χ1) is 9.59. The molecule has 4 nitrogen and oxygen atoms in total. The molecule has 0 aromatic heterocycles. The average molecular weight is 296 g/mol. The molecule has 3 rings (SSSR count). The summed E-state index contributed by atoms with van der Waals surface area (Å²) in [4.78, 5) is 11.7. The van der Waals surface area contributed by atoms with Crippen molar-refractivity contribution in [1.82, 2.24) is 5.32 Å². The number of hydrogen-bond donors (Lipinski definition) is 2. The lowest BCUT2D eigenvalue weighted by Gasteiger charge is -2.27. The molecule has 2 N–H and O–H groups in total. The molecule has 1 aliphatic carbocycles. The molecule has 1 fully saturated rings. The van der Waals surface area contributed by atoms with Gasteiger partial charge in [-0.1, -0.05) is 17.7 Å². The topological polar surface area (TPSA) is 58.6 Å². The smallest absolute Gasteiger partial charge is 0.324 e. The van der Waals surface area contributed by atoms with Crippen molar-refractivity contribution in [3.8, 4) is 0 Å². The Balaban J connectivity index is 1.75. The van der Waals surface area contributed by atoms with Gasteiger partial charge in [0.2, 0.25) is 0 Å². The van der Waals surface area contributed by atoms with Crippen LogP contribution in [0.25, 0.3) is 0 Å². The Bertz CT molecular complexity index is 528. The van der Waals surface area contributed by atoms with Crippen LogP contribution in [-0.4, -0.2) is 35.9 Å². The monoisotopic (exact) mass is 295 g/mol. The van der Waals surface area contributed by atoms with E-state index in [0.29, 0.717) is 24.4 Å². The Kier molecular flexibility index (Phi) is 3.71. The summed E-state index contributed by atoms with van der Waals surface area (Å²) < 4.78 is 5.56. The van der Waals surface area contributed by atoms with Gasteiger partial charge in [-0.25, -0.2) is 0 Å². The van der Waals surface area contributed by atoms with Crippen LogP contribution in [0.1, 0.15) is 24.0 Å². The first-order valence-corrected chi connectivity index (χ1v) is 7.34. The van der Waals surface area contributed by atoms with Gasteiger partial charge < -0.3 is 9.84 Å². The van der Waals surface area contributed by atoms with Crippen molar-refractivity contribution in [3.63, 3.8) is 0 Å². The van der Waals surface area contributed by atoms with E-state index in [9.17, 15) is 9.90 Å². The largest absolute Gasteiger partial charge is 0.480 e. The first-order valence-electron chi connectivity index (χ1n) is 6.96. The second kappa shape index (κ2) is 5.35. The quantitative estimate of drug-likeness (QED) is 0.892. The number of benzene rings is 1. The van der Waals surface area contributed by atoms with Crippen LogP contribution in [0.4, 0.5) is 0 Å². The van der Waals surface area contributed by atoms with E-state index in [0.717, 1.165) is 30.6 Å². The molecule has 0 amide bonds. The first kappa shape index (κ1) is 13.9. The van der Waals surface area contributed by atoms with Crippen molar-refractivity contribution in [2.75, 3.05) is 13.2 Å². The van der Waals surface area contributed by atoms with Crippen molar-refractivity contribution in [2.24, 2.45) is 0 Å². The minimum absolute atomic E-state index is 0.138. The highest BCUT2D eigenvalue weighted by atomic mass is 35.5. The maximum atomic E-state index is 11.7. The Morgan fingerprint density at radius 1 is 1.45 bits per heavy atom. The molecule has 5 heteroatoms. The molecular weight excluding hydrogens is 278 g/mol. The van der Waals surface area contributed by atoms with Gasteiger partial charge in [0.1, 0.15) is 5.54 Å². The van der Waals surface area contributed by atoms with Gasteiger partial charge in [-0.15, -0.1) is 0 Å². The van der Waals surface area contributed by atoms with Gasteiger partial charge in [-0.3, -0.25) is 10.1 Å². The molecule has 1 aliphatic heterocycles. The van der Waals surface area contributed by atoms with E-state index in [4.69, 9.17) is 16.3 Å². The predicted molar refractivity (Wildman–Crippen MR) is 76.2 cm³/mol. The number of aliphatic carboxylic acids is 1. The van der Waals surface area contributed by atoms with Crippen molar-refractivity contribution in [3.05, 3.63) is 34.3 Å². The van der Waals surface area contributed by atoms with Crippen molar-refractivity contribution in [1.29, 1.82) is 0 Å². The fraction of sp³-hybridized carbons (Fsp3) is 0.533. The van der Waals surface area contributed by atoms with Crippen LogP contribution in [0.2, 0.25) is 5.02 Å². The third-order valence-corrected chi connectivity index (χ3v) is 4.49. The van der Waals surface area contributed by atoms with Gasteiger partial charge in [0.05, 0.1) is 6.10 Å². The predicted octanol–water partition coefficient (Wildman–Crippen LogP) is 2.03. The molecule has 2 aliphatic rings. The zero-order valence-electron chi connectivity index (χ0n) is 11.2. The lowest BCUT2D eigenvalue weighted by atomic mass is 9.95. The Hall–Kier alpha value is -1.10. The number of rotatable bonds is 4. The highest BCUT2D eigenvalue weighted by Gasteiger charge is 2.44. The minimum Gasteiger partial charge on any atom is -0.480 e. The van der Waals surface area contributed by atoms with Crippen LogP contribution in [-0.2, 0) is 22.4 Å². The molecule has 0 saturated carbocycles. The molecule has 0 bridgehead atoms. The van der Waals surface area contributed by atoms with Crippen LogP contribution < -0.4 is 5.32 Å². The normalized spacial score (nSPS) is 28.6. The van der Waals surface area contributed by atoms with Gasteiger partial charge in [-0.05, 0) is 36.1 Å². The Labute approximate surface area is 123 Å². The van der Waals surface area contributed by atoms with E-state index in [1.807, 2.05) is 18.2 Å². The van der Waals surface area contributed by atoms with Crippen LogP contribution in [0.15, 0.2) is 18.2 Å². The number of halogens is 1. The number of ether oxygens (including phenoxy) is 1. The van der Waals surface area contributed by atoms with E-state index in [1.165, 1.54) is 0 Å². The summed E-state index contributed by atoms with van der Waals surface area (Å²) in [5, 5.41) is 13.5. The molecule has 1 aromatic carbocycles. The molecule has 1 saturated heterocycles. The maximum absolute atomic E-state index is 11.7. The standard InChI is InChI=1S/C15H18ClNO3/c16-12-4-3-10-7-15(14(18)19,8-11(10)6-12)17-9-13-2-1-5-20-13/h3-4,6,13,17H,1-2,5,7-9H2,(H,18,19). The third-order valence-electron chi connectivity index (χ3n) is 4.25. The van der Waals surface area contributed by atoms with Crippen LogP contribution in [0, 0.1) is 0 Å². The molecule has 2 atom stereocenters. The SMILES string of the molecule is O=C(O)C1(NCC2CCCO2)Cc2ccc(Cl)cc2C1. The fourth-order valence-corrected chi connectivity index (χ4v) is 3.31. The van der Waals surface area contributed by atoms with Gasteiger partial charge in [0.15, 0.2) is 0 Å². The van der Waals surface area contributed by atoms with Gasteiger partial charge in [0.25, 0.3) is 0 Å². The fourth-order valence-electron chi connectivity index (χ4n) is 3.11. The second-order valence-corrected chi connectivity index (χ2v) is 6.11. The van der Waals surface area contributed by atoms with E-state index in [-0.39, 0.29) is 6.10 Å². The lowest BCUT2D eigenvalue weighted by Crippen LogP contribution is -2.55. The van der Waals surface area contributed by atoms with Crippen molar-refractivity contribution in [2.45, 2.75) is 37.3 Å². The van der Waals surface area contributed by atoms with Crippen LogP contribution >= 0.6 is 11.6 Å². The van der Waals surface area contributed by atoms with Gasteiger partial charge in [0, 0.05) is 31.0 Å². The molecule has 1 heterocycles. The van der Waals surface area contributed by atoms with E-state index in [2.05, 4.69) is 5.32 Å². The molecular formula is C15H18ClNO3. The summed E-state index contributed by atoms with van der Waals surface area (Å²) >= 11 is 5.99. The highest BCUT2D eigenvalue weighted by molar-refractivity contribution is 6.30. The summed E-state index contributed by atoms with van der Waals surface area (Å²) in [5.41, 5.74) is 1.18. The Morgan fingerprint density at radius 3 is 2.95 bits per heavy atom. The Morgan fingerprint density at radius 2 is 2.25 bits per heavy atom. The molecule has 2 unspecified atom stereocenters. The summed E-state index contributed by atoms with van der Waals surface area (Å²) in [6.07, 6.45) is 3.18. The van der Waals surface area contributed by atoms with E-state index in [1.54, 1.807) is 0 Å². The van der Waals surface area contributed by atoms with Crippen molar-refractivity contribution >= 4 is 17.6 Å². The third kappa shape index (κ3) is 2.55. The minimum atomic E-state index is -0.918. The summed E-state index contributed by atoms with van der Waals surface area (Å²) in [5.74, 6) is -0.803. The lowest BCUT2D eigenvalue weighted by molar-refractivity contribution is -0.144. The number of carboxylic acid groups (broad SMARTS) is 1. The average Bonchev–Trinajstić information content (AvgIpc) is 3.03. The summed E-state index contributed by atoms with van der Waals surface area (Å²) in [7, 11) is 0. The number of nitrogens with one attached hydrogen (secondary N) is 1. The number of carboxylic acids is 1. The summed E-state index contributed by atoms with van der Waals surface area (Å²) in [6, 6.07) is 5.61. The van der Waals surface area contributed by atoms with Crippen LogP contribution in [0.5, 0.6) is 0 Å². The van der Waals surface area contributed by atoms with E-state index < -0.39 is 11.5 Å².